The quantitative estimate of drug-likeness (QED) is 0.374. The monoisotopic (exact) mass is 388 g/mol. The zero-order valence-electron chi connectivity index (χ0n) is 13.5. The topological polar surface area (TPSA) is 133 Å². The molecule has 27 heavy (non-hydrogen) atoms. The van der Waals surface area contributed by atoms with Crippen molar-refractivity contribution in [1.29, 1.82) is 0 Å². The molecule has 0 unspecified atom stereocenters. The van der Waals surface area contributed by atoms with Crippen molar-refractivity contribution in [1.82, 2.24) is 0 Å². The second-order valence-electron chi connectivity index (χ2n) is 5.03. The minimum atomic E-state index is -1.37. The van der Waals surface area contributed by atoms with Gasteiger partial charge in [-0.15, -0.1) is 4.33 Å². The number of rotatable bonds is 7. The van der Waals surface area contributed by atoms with Crippen molar-refractivity contribution in [3.05, 3.63) is 54.6 Å². The van der Waals surface area contributed by atoms with Gasteiger partial charge in [-0.05, 0) is 36.4 Å². The molecule has 11 heteroatoms. The van der Waals surface area contributed by atoms with Crippen LogP contribution in [0.4, 0.5) is 11.4 Å². The molecule has 1 aliphatic heterocycles. The summed E-state index contributed by atoms with van der Waals surface area (Å²) >= 11 is 0.782. The Bertz CT molecular complexity index is 901. The van der Waals surface area contributed by atoms with Crippen LogP contribution in [-0.4, -0.2) is 33.7 Å². The van der Waals surface area contributed by atoms with E-state index < -0.39 is 17.6 Å². The zero-order valence-corrected chi connectivity index (χ0v) is 14.3. The average Bonchev–Trinajstić information content (AvgIpc) is 3.03. The molecule has 2 aromatic carbocycles. The van der Waals surface area contributed by atoms with Gasteiger partial charge in [0.05, 0.1) is 23.4 Å². The number of amides is 1. The molecule has 0 saturated heterocycles. The lowest BCUT2D eigenvalue weighted by molar-refractivity contribution is -0.432. The van der Waals surface area contributed by atoms with E-state index in [0.717, 1.165) is 17.1 Å². The van der Waals surface area contributed by atoms with Crippen LogP contribution in [0.2, 0.25) is 0 Å². The molecule has 0 aliphatic carbocycles. The lowest BCUT2D eigenvalue weighted by Gasteiger charge is -2.10. The normalized spacial score (nSPS) is 15.1. The molecule has 0 bridgehead atoms. The number of benzene rings is 2. The second kappa shape index (κ2) is 8.42. The number of carbonyl (C=O) groups is 2. The molecule has 1 heterocycles. The van der Waals surface area contributed by atoms with Crippen LogP contribution in [0.5, 0.6) is 0 Å². The minimum Gasteiger partial charge on any atom is -0.476 e. The summed E-state index contributed by atoms with van der Waals surface area (Å²) in [5, 5.41) is 29.7. The Kier molecular flexibility index (Phi) is 5.78. The number of nitrogens with zero attached hydrogens (tertiary/aromatic N) is 3. The highest BCUT2D eigenvalue weighted by atomic mass is 32.2. The third-order valence-electron chi connectivity index (χ3n) is 3.33. The Morgan fingerprint density at radius 1 is 1.15 bits per heavy atom. The van der Waals surface area contributed by atoms with Crippen LogP contribution in [0.15, 0.2) is 69.7 Å². The first-order valence-corrected chi connectivity index (χ1v) is 8.14. The van der Waals surface area contributed by atoms with E-state index >= 15 is 0 Å². The number of hydrogen-bond acceptors (Lipinski definition) is 9. The summed E-state index contributed by atoms with van der Waals surface area (Å²) in [6, 6.07) is 14.9. The van der Waals surface area contributed by atoms with Gasteiger partial charge >= 0.3 is 11.9 Å². The van der Waals surface area contributed by atoms with Crippen LogP contribution in [0.3, 0.4) is 0 Å². The van der Waals surface area contributed by atoms with Gasteiger partial charge in [0.25, 0.3) is 0 Å². The maximum Gasteiger partial charge on any atom is 0.358 e. The molecule has 1 amide bonds. The predicted molar refractivity (Wildman–Crippen MR) is 97.2 cm³/mol. The van der Waals surface area contributed by atoms with Crippen LogP contribution >= 0.6 is 12.0 Å². The highest BCUT2D eigenvalue weighted by Crippen LogP contribution is 2.22. The molecule has 3 N–H and O–H groups in total. The number of nitrogens with one attached hydrogen (secondary N) is 1. The SMILES string of the molecule is O=C(O)C1=NN(c2ccccc2)C(=O)/C1=N\Nc1ccc(SOOO)cc1. The molecule has 0 saturated carbocycles. The number of hydrazone groups is 2. The summed E-state index contributed by atoms with van der Waals surface area (Å²) in [6.07, 6.45) is 0. The minimum absolute atomic E-state index is 0.318. The Morgan fingerprint density at radius 3 is 2.48 bits per heavy atom. The summed E-state index contributed by atoms with van der Waals surface area (Å²) in [7, 11) is 0. The third kappa shape index (κ3) is 4.30. The van der Waals surface area contributed by atoms with Gasteiger partial charge < -0.3 is 5.11 Å². The molecule has 1 aliphatic rings. The second-order valence-corrected chi connectivity index (χ2v) is 5.80. The Balaban J connectivity index is 1.79. The maximum absolute atomic E-state index is 12.5. The van der Waals surface area contributed by atoms with Crippen LogP contribution in [0.1, 0.15) is 0 Å². The molecule has 0 fully saturated rings. The summed E-state index contributed by atoms with van der Waals surface area (Å²) in [5.74, 6) is -2.03. The largest absolute Gasteiger partial charge is 0.476 e. The number of para-hydroxylation sites is 1. The van der Waals surface area contributed by atoms with Gasteiger partial charge in [-0.2, -0.15) is 15.2 Å². The molecule has 3 rings (SSSR count). The molecule has 0 radical (unpaired) electrons. The summed E-state index contributed by atoms with van der Waals surface area (Å²) < 4.78 is 4.30. The maximum atomic E-state index is 12.5. The number of carboxylic acid groups (broad SMARTS) is 1. The number of anilines is 2. The molecular weight excluding hydrogens is 376 g/mol. The first-order valence-electron chi connectivity index (χ1n) is 7.40. The summed E-state index contributed by atoms with van der Waals surface area (Å²) in [6.45, 7) is 0. The van der Waals surface area contributed by atoms with E-state index in [1.54, 1.807) is 54.6 Å². The molecule has 138 valence electrons. The van der Waals surface area contributed by atoms with Gasteiger partial charge in [-0.1, -0.05) is 23.2 Å². The molecule has 10 nitrogen and oxygen atoms in total. The van der Waals surface area contributed by atoms with E-state index in [1.807, 2.05) is 0 Å². The Hall–Kier alpha value is -3.25. The number of aliphatic carboxylic acids is 1. The predicted octanol–water partition coefficient (Wildman–Crippen LogP) is 2.37. The van der Waals surface area contributed by atoms with Gasteiger partial charge in [0.2, 0.25) is 5.71 Å². The van der Waals surface area contributed by atoms with E-state index in [-0.39, 0.29) is 5.71 Å². The summed E-state index contributed by atoms with van der Waals surface area (Å²) in [5.41, 5.74) is 2.77. The van der Waals surface area contributed by atoms with E-state index in [0.29, 0.717) is 16.3 Å². The van der Waals surface area contributed by atoms with E-state index in [1.165, 1.54) is 0 Å². The standard InChI is InChI=1S/C16H12N4O6S/c21-15-13(18-17-10-6-8-12(9-7-10)27-26-25-24)14(16(22)23)19-20(15)11-4-2-1-3-5-11/h1-9,17,24H,(H,22,23)/b18-13-. The Labute approximate surface area is 156 Å². The summed E-state index contributed by atoms with van der Waals surface area (Å²) in [4.78, 5) is 24.6. The number of carbonyl (C=O) groups excluding carboxylic acids is 1. The lowest BCUT2D eigenvalue weighted by Crippen LogP contribution is -2.30. The van der Waals surface area contributed by atoms with Gasteiger partial charge in [-0.3, -0.25) is 10.2 Å². The van der Waals surface area contributed by atoms with Crippen LogP contribution < -0.4 is 10.4 Å². The van der Waals surface area contributed by atoms with Crippen LogP contribution in [0.25, 0.3) is 0 Å². The van der Waals surface area contributed by atoms with E-state index in [9.17, 15) is 14.7 Å². The van der Waals surface area contributed by atoms with E-state index in [2.05, 4.69) is 25.0 Å². The van der Waals surface area contributed by atoms with Crippen molar-refractivity contribution in [2.75, 3.05) is 10.4 Å². The fraction of sp³-hybridized carbons (Fsp3) is 0. The molecule has 2 aromatic rings. The van der Waals surface area contributed by atoms with Gasteiger partial charge in [0.15, 0.2) is 5.71 Å². The highest BCUT2D eigenvalue weighted by Gasteiger charge is 2.37. The first kappa shape index (κ1) is 18.5. The Morgan fingerprint density at radius 2 is 1.85 bits per heavy atom. The molecule has 0 atom stereocenters. The van der Waals surface area contributed by atoms with Crippen LogP contribution in [-0.2, 0) is 19.0 Å². The van der Waals surface area contributed by atoms with Crippen molar-refractivity contribution < 1.29 is 29.3 Å². The first-order chi connectivity index (χ1) is 13.1. The lowest BCUT2D eigenvalue weighted by atomic mass is 10.2. The van der Waals surface area contributed by atoms with E-state index in [4.69, 9.17) is 5.26 Å². The van der Waals surface area contributed by atoms with Crippen molar-refractivity contribution in [3.8, 4) is 0 Å². The fourth-order valence-electron chi connectivity index (χ4n) is 2.14. The molecule has 0 aromatic heterocycles. The van der Waals surface area contributed by atoms with Crippen molar-refractivity contribution in [2.45, 2.75) is 4.90 Å². The molecule has 0 spiro atoms. The van der Waals surface area contributed by atoms with Crippen LogP contribution in [0, 0.1) is 0 Å². The highest BCUT2D eigenvalue weighted by molar-refractivity contribution is 7.94. The average molecular weight is 388 g/mol. The smallest absolute Gasteiger partial charge is 0.358 e. The third-order valence-corrected chi connectivity index (χ3v) is 3.93. The van der Waals surface area contributed by atoms with Crippen molar-refractivity contribution in [3.63, 3.8) is 0 Å². The molecular formula is C16H12N4O6S. The number of carboxylic acids is 1. The van der Waals surface area contributed by atoms with Crippen molar-refractivity contribution in [2.24, 2.45) is 10.2 Å². The zero-order chi connectivity index (χ0) is 19.2. The van der Waals surface area contributed by atoms with Gasteiger partial charge in [0, 0.05) is 4.90 Å². The fourth-order valence-corrected chi connectivity index (χ4v) is 2.50. The van der Waals surface area contributed by atoms with Gasteiger partial charge in [0.1, 0.15) is 0 Å². The van der Waals surface area contributed by atoms with Gasteiger partial charge in [-0.25, -0.2) is 10.1 Å². The van der Waals surface area contributed by atoms with Crippen molar-refractivity contribution >= 4 is 46.7 Å². The number of hydrogen-bond donors (Lipinski definition) is 3.